The van der Waals surface area contributed by atoms with Gasteiger partial charge in [0.2, 0.25) is 0 Å². The van der Waals surface area contributed by atoms with E-state index in [2.05, 4.69) is 20.5 Å². The number of azo groups is 2. The summed E-state index contributed by atoms with van der Waals surface area (Å²) in [5.41, 5.74) is 4.59. The first-order chi connectivity index (χ1) is 27.1. The second kappa shape index (κ2) is 19.6. The number of hydrogen-bond donors (Lipinski definition) is 0. The lowest BCUT2D eigenvalue weighted by molar-refractivity contribution is -0.385. The van der Waals surface area contributed by atoms with Crippen LogP contribution in [0, 0.1) is 20.2 Å². The van der Waals surface area contributed by atoms with Gasteiger partial charge in [0.25, 0.3) is 11.4 Å². The average molecular weight is 759 g/mol. The van der Waals surface area contributed by atoms with E-state index in [0.717, 1.165) is 11.4 Å². The Balaban J connectivity index is 1.03. The van der Waals surface area contributed by atoms with E-state index in [4.69, 9.17) is 9.47 Å². The molecule has 5 rings (SSSR count). The molecule has 0 heterocycles. The molecular weight excluding hydrogens is 720 g/mol. The Bertz CT molecular complexity index is 2000. The Morgan fingerprint density at radius 2 is 0.786 bits per heavy atom. The normalized spacial score (nSPS) is 11.0. The molecule has 286 valence electrons. The molecule has 0 bridgehead atoms. The van der Waals surface area contributed by atoms with Crippen LogP contribution in [-0.4, -0.2) is 61.2 Å². The second-order valence-corrected chi connectivity index (χ2v) is 12.0. The highest BCUT2D eigenvalue weighted by Gasteiger charge is 2.14. The smallest absolute Gasteiger partial charge is 0.338 e. The summed E-state index contributed by atoms with van der Waals surface area (Å²) in [5.74, 6) is -1.03. The molecule has 16 heteroatoms. The highest BCUT2D eigenvalue weighted by molar-refractivity contribution is 5.93. The fraction of sp³-hybridized carbons (Fsp3) is 0.200. The molecule has 5 aromatic carbocycles. The molecule has 0 atom stereocenters. The maximum Gasteiger partial charge on any atom is 0.338 e. The van der Waals surface area contributed by atoms with Gasteiger partial charge in [0.1, 0.15) is 13.2 Å². The lowest BCUT2D eigenvalue weighted by atomic mass is 10.1. The van der Waals surface area contributed by atoms with Gasteiger partial charge in [-0.2, -0.15) is 20.5 Å². The number of ether oxygens (including phenoxy) is 2. The predicted molar refractivity (Wildman–Crippen MR) is 210 cm³/mol. The fourth-order valence-corrected chi connectivity index (χ4v) is 5.32. The molecular formula is C40H38N8O8. The van der Waals surface area contributed by atoms with Crippen LogP contribution in [0.2, 0.25) is 0 Å². The van der Waals surface area contributed by atoms with Crippen molar-refractivity contribution < 1.29 is 28.9 Å². The zero-order chi connectivity index (χ0) is 39.9. The lowest BCUT2D eigenvalue weighted by Gasteiger charge is -2.23. The van der Waals surface area contributed by atoms with Crippen molar-refractivity contribution in [2.45, 2.75) is 13.8 Å². The number of benzene rings is 5. The third-order valence-corrected chi connectivity index (χ3v) is 8.42. The number of nitro groups is 2. The summed E-state index contributed by atoms with van der Waals surface area (Å²) in [6, 6.07) is 32.4. The molecule has 0 N–H and O–H groups in total. The van der Waals surface area contributed by atoms with Crippen LogP contribution in [0.5, 0.6) is 0 Å². The summed E-state index contributed by atoms with van der Waals surface area (Å²) >= 11 is 0. The summed E-state index contributed by atoms with van der Waals surface area (Å²) in [4.78, 5) is 50.3. The van der Waals surface area contributed by atoms with Crippen molar-refractivity contribution >= 4 is 57.4 Å². The molecule has 0 fully saturated rings. The van der Waals surface area contributed by atoms with Crippen LogP contribution in [0.15, 0.2) is 142 Å². The Morgan fingerprint density at radius 3 is 1.05 bits per heavy atom. The van der Waals surface area contributed by atoms with E-state index in [-0.39, 0.29) is 24.6 Å². The second-order valence-electron chi connectivity index (χ2n) is 12.0. The molecule has 0 aromatic heterocycles. The first kappa shape index (κ1) is 39.8. The molecule has 0 aliphatic rings. The van der Waals surface area contributed by atoms with Crippen molar-refractivity contribution in [3.8, 4) is 0 Å². The standard InChI is InChI=1S/C40H38N8O8/c1-3-45(35-17-9-31(10-18-35)41-43-33-13-21-37(22-14-33)47(51)52)25-27-55-39(49)29-5-7-30(8-6-29)40(50)56-28-26-46(4-2)36-19-11-32(12-20-36)42-44-34-15-23-38(24-16-34)48(53)54/h5-24H,3-4,25-28H2,1-2H3. The summed E-state index contributed by atoms with van der Waals surface area (Å²) in [7, 11) is 0. The van der Waals surface area contributed by atoms with Crippen LogP contribution in [0.1, 0.15) is 34.6 Å². The number of hydrogen-bond acceptors (Lipinski definition) is 14. The fourth-order valence-electron chi connectivity index (χ4n) is 5.32. The number of non-ortho nitro benzene ring substituents is 2. The largest absolute Gasteiger partial charge is 0.460 e. The number of nitro benzene ring substituents is 2. The van der Waals surface area contributed by atoms with E-state index in [9.17, 15) is 29.8 Å². The minimum absolute atomic E-state index is 0.0187. The number of esters is 2. The van der Waals surface area contributed by atoms with Gasteiger partial charge in [-0.15, -0.1) is 0 Å². The van der Waals surface area contributed by atoms with Crippen LogP contribution in [0.3, 0.4) is 0 Å². The summed E-state index contributed by atoms with van der Waals surface area (Å²) in [6.45, 7) is 6.49. The number of rotatable bonds is 18. The lowest BCUT2D eigenvalue weighted by Crippen LogP contribution is -2.28. The van der Waals surface area contributed by atoms with Crippen molar-refractivity contribution in [2.75, 3.05) is 49.2 Å². The van der Waals surface area contributed by atoms with Crippen molar-refractivity contribution in [1.82, 2.24) is 0 Å². The number of carbonyl (C=O) groups is 2. The van der Waals surface area contributed by atoms with E-state index in [1.807, 2.05) is 47.9 Å². The maximum absolute atomic E-state index is 12.7. The minimum Gasteiger partial charge on any atom is -0.460 e. The summed E-state index contributed by atoms with van der Waals surface area (Å²) < 4.78 is 11.0. The van der Waals surface area contributed by atoms with Crippen molar-refractivity contribution in [3.05, 3.63) is 153 Å². The Kier molecular flexibility index (Phi) is 14.0. The Labute approximate surface area is 322 Å². The Hall–Kier alpha value is -7.36. The van der Waals surface area contributed by atoms with E-state index in [1.165, 1.54) is 72.8 Å². The number of nitrogens with zero attached hydrogens (tertiary/aromatic N) is 8. The van der Waals surface area contributed by atoms with Crippen LogP contribution >= 0.6 is 0 Å². The van der Waals surface area contributed by atoms with Gasteiger partial charge < -0.3 is 19.3 Å². The van der Waals surface area contributed by atoms with Crippen LogP contribution in [0.25, 0.3) is 0 Å². The SMILES string of the molecule is CCN(CCOC(=O)c1ccc(C(=O)OCCN(CC)c2ccc(N=Nc3ccc([N+](=O)[O-])cc3)cc2)cc1)c1ccc(N=Nc2ccc([N+](=O)[O-])cc2)cc1. The first-order valence-corrected chi connectivity index (χ1v) is 17.6. The molecule has 0 saturated heterocycles. The van der Waals surface area contributed by atoms with E-state index in [1.54, 1.807) is 24.3 Å². The maximum atomic E-state index is 12.7. The number of anilines is 2. The molecule has 0 amide bonds. The van der Waals surface area contributed by atoms with Crippen molar-refractivity contribution in [2.24, 2.45) is 20.5 Å². The monoisotopic (exact) mass is 758 g/mol. The van der Waals surface area contributed by atoms with Crippen LogP contribution in [-0.2, 0) is 9.47 Å². The zero-order valence-electron chi connectivity index (χ0n) is 30.6. The predicted octanol–water partition coefficient (Wildman–Crippen LogP) is 9.70. The third kappa shape index (κ3) is 11.3. The molecule has 56 heavy (non-hydrogen) atoms. The quantitative estimate of drug-likeness (QED) is 0.0359. The molecule has 0 spiro atoms. The third-order valence-electron chi connectivity index (χ3n) is 8.42. The van der Waals surface area contributed by atoms with Crippen LogP contribution < -0.4 is 9.80 Å². The minimum atomic E-state index is -0.514. The van der Waals surface area contributed by atoms with Crippen molar-refractivity contribution in [3.63, 3.8) is 0 Å². The number of carbonyl (C=O) groups excluding carboxylic acids is 2. The molecule has 0 radical (unpaired) electrons. The average Bonchev–Trinajstić information content (AvgIpc) is 3.23. The van der Waals surface area contributed by atoms with Gasteiger partial charge >= 0.3 is 11.9 Å². The van der Waals surface area contributed by atoms with Gasteiger partial charge in [-0.3, -0.25) is 20.2 Å². The van der Waals surface area contributed by atoms with E-state index < -0.39 is 21.8 Å². The zero-order valence-corrected chi connectivity index (χ0v) is 30.6. The van der Waals surface area contributed by atoms with Gasteiger partial charge in [-0.05, 0) is 111 Å². The van der Waals surface area contributed by atoms with Gasteiger partial charge in [0, 0.05) is 48.7 Å². The molecule has 0 aliphatic carbocycles. The highest BCUT2D eigenvalue weighted by atomic mass is 16.6. The highest BCUT2D eigenvalue weighted by Crippen LogP contribution is 2.25. The molecule has 0 aliphatic heterocycles. The molecule has 5 aromatic rings. The van der Waals surface area contributed by atoms with E-state index in [0.29, 0.717) is 60.1 Å². The summed E-state index contributed by atoms with van der Waals surface area (Å²) in [6.07, 6.45) is 0. The van der Waals surface area contributed by atoms with Gasteiger partial charge in [0.05, 0.1) is 56.8 Å². The molecule has 0 saturated carbocycles. The number of likely N-dealkylation sites (N-methyl/N-ethyl adjacent to an activating group) is 2. The molecule has 0 unspecified atom stereocenters. The van der Waals surface area contributed by atoms with Gasteiger partial charge in [0.15, 0.2) is 0 Å². The van der Waals surface area contributed by atoms with Gasteiger partial charge in [-0.1, -0.05) is 0 Å². The van der Waals surface area contributed by atoms with Crippen molar-refractivity contribution in [1.29, 1.82) is 0 Å². The molecule has 16 nitrogen and oxygen atoms in total. The van der Waals surface area contributed by atoms with E-state index >= 15 is 0 Å². The first-order valence-electron chi connectivity index (χ1n) is 17.6. The van der Waals surface area contributed by atoms with Crippen LogP contribution in [0.4, 0.5) is 45.5 Å². The van der Waals surface area contributed by atoms with Gasteiger partial charge in [-0.25, -0.2) is 9.59 Å². The topological polar surface area (TPSA) is 195 Å². The summed E-state index contributed by atoms with van der Waals surface area (Å²) in [5, 5.41) is 38.3. The Morgan fingerprint density at radius 1 is 0.500 bits per heavy atom.